The number of hydrogen-bond acceptors (Lipinski definition) is 6. The summed E-state index contributed by atoms with van der Waals surface area (Å²) in [6.07, 6.45) is 3.44. The molecular formula is C19H12N4O2S. The highest BCUT2D eigenvalue weighted by Crippen LogP contribution is 2.31. The summed E-state index contributed by atoms with van der Waals surface area (Å²) >= 11 is 1.57. The number of nitrogens with one attached hydrogen (secondary N) is 1. The van der Waals surface area contributed by atoms with Crippen molar-refractivity contribution in [2.24, 2.45) is 0 Å². The highest BCUT2D eigenvalue weighted by molar-refractivity contribution is 7.21. The number of benzene rings is 1. The Morgan fingerprint density at radius 3 is 2.88 bits per heavy atom. The number of aromatic amines is 1. The quantitative estimate of drug-likeness (QED) is 0.596. The number of H-pyrrole nitrogens is 1. The second-order valence-corrected chi connectivity index (χ2v) is 6.60. The maximum absolute atomic E-state index is 11.5. The Labute approximate surface area is 152 Å². The van der Waals surface area contributed by atoms with Crippen LogP contribution in [0.2, 0.25) is 0 Å². The second-order valence-electron chi connectivity index (χ2n) is 5.57. The molecule has 126 valence electrons. The van der Waals surface area contributed by atoms with Crippen molar-refractivity contribution in [2.75, 3.05) is 0 Å². The second kappa shape index (κ2) is 6.43. The predicted octanol–water partition coefficient (Wildman–Crippen LogP) is 3.99. The highest BCUT2D eigenvalue weighted by atomic mass is 32.1. The summed E-state index contributed by atoms with van der Waals surface area (Å²) in [5, 5.41) is 16.2. The SMILES string of the molecule is Cc1c(/C=C/c2ccc(-c3nc4ccccc4s3)o2)n[nH]c(=O)c1C#N. The lowest BCUT2D eigenvalue weighted by Crippen LogP contribution is -2.15. The zero-order valence-electron chi connectivity index (χ0n) is 13.7. The van der Waals surface area contributed by atoms with Gasteiger partial charge in [0.1, 0.15) is 17.4 Å². The van der Waals surface area contributed by atoms with Gasteiger partial charge in [-0.05, 0) is 48.9 Å². The van der Waals surface area contributed by atoms with Crippen molar-refractivity contribution in [3.63, 3.8) is 0 Å². The number of rotatable bonds is 3. The Balaban J connectivity index is 1.64. The Bertz CT molecular complexity index is 1210. The molecule has 0 unspecified atom stereocenters. The van der Waals surface area contributed by atoms with Crippen LogP contribution in [0, 0.1) is 18.3 Å². The Hall–Kier alpha value is -3.50. The van der Waals surface area contributed by atoms with Crippen LogP contribution >= 0.6 is 11.3 Å². The van der Waals surface area contributed by atoms with Crippen LogP contribution in [0.25, 0.3) is 33.1 Å². The standard InChI is InChI=1S/C19H12N4O2S/c1-11-13(10-20)18(24)23-22-14(11)8-6-12-7-9-16(25-12)19-21-15-4-2-3-5-17(15)26-19/h2-9H,1H3,(H,23,24)/b8-6+. The minimum absolute atomic E-state index is 0.0641. The Morgan fingerprint density at radius 2 is 2.08 bits per heavy atom. The summed E-state index contributed by atoms with van der Waals surface area (Å²) in [6, 6.07) is 13.5. The molecule has 0 spiro atoms. The van der Waals surface area contributed by atoms with Crippen LogP contribution < -0.4 is 5.56 Å². The molecule has 3 aromatic heterocycles. The smallest absolute Gasteiger partial charge is 0.282 e. The number of nitrogens with zero attached hydrogens (tertiary/aromatic N) is 3. The maximum Gasteiger partial charge on any atom is 0.282 e. The van der Waals surface area contributed by atoms with Crippen LogP contribution in [0.3, 0.4) is 0 Å². The summed E-state index contributed by atoms with van der Waals surface area (Å²) in [4.78, 5) is 16.1. The minimum Gasteiger partial charge on any atom is -0.454 e. The van der Waals surface area contributed by atoms with E-state index in [1.165, 1.54) is 0 Å². The fourth-order valence-electron chi connectivity index (χ4n) is 2.54. The lowest BCUT2D eigenvalue weighted by molar-refractivity contribution is 0.572. The molecule has 0 saturated carbocycles. The van der Waals surface area contributed by atoms with Crippen LogP contribution in [0.15, 0.2) is 45.6 Å². The topological polar surface area (TPSA) is 95.6 Å². The van der Waals surface area contributed by atoms with E-state index >= 15 is 0 Å². The average molecular weight is 360 g/mol. The first-order chi connectivity index (χ1) is 12.7. The summed E-state index contributed by atoms with van der Waals surface area (Å²) in [7, 11) is 0. The summed E-state index contributed by atoms with van der Waals surface area (Å²) in [5.74, 6) is 1.32. The molecule has 4 aromatic rings. The third kappa shape index (κ3) is 2.83. The summed E-state index contributed by atoms with van der Waals surface area (Å²) in [5.41, 5.74) is 1.56. The van der Waals surface area contributed by atoms with Crippen LogP contribution in [0.5, 0.6) is 0 Å². The molecule has 1 aromatic carbocycles. The zero-order valence-corrected chi connectivity index (χ0v) is 14.5. The van der Waals surface area contributed by atoms with E-state index in [4.69, 9.17) is 9.68 Å². The van der Waals surface area contributed by atoms with E-state index in [0.717, 1.165) is 15.2 Å². The van der Waals surface area contributed by atoms with Gasteiger partial charge in [0, 0.05) is 0 Å². The van der Waals surface area contributed by atoms with Gasteiger partial charge in [0.15, 0.2) is 10.8 Å². The largest absolute Gasteiger partial charge is 0.454 e. The predicted molar refractivity (Wildman–Crippen MR) is 101 cm³/mol. The third-order valence-electron chi connectivity index (χ3n) is 3.91. The third-order valence-corrected chi connectivity index (χ3v) is 4.96. The molecule has 3 heterocycles. The molecule has 4 rings (SSSR count). The van der Waals surface area contributed by atoms with Crippen molar-refractivity contribution >= 4 is 33.7 Å². The normalized spacial score (nSPS) is 11.2. The maximum atomic E-state index is 11.5. The van der Waals surface area contributed by atoms with E-state index in [-0.39, 0.29) is 5.56 Å². The average Bonchev–Trinajstić information content (AvgIpc) is 3.28. The summed E-state index contributed by atoms with van der Waals surface area (Å²) < 4.78 is 6.94. The monoisotopic (exact) mass is 360 g/mol. The molecule has 0 saturated heterocycles. The highest BCUT2D eigenvalue weighted by Gasteiger charge is 2.10. The first kappa shape index (κ1) is 16.0. The van der Waals surface area contributed by atoms with Gasteiger partial charge in [-0.15, -0.1) is 11.3 Å². The number of fused-ring (bicyclic) bond motifs is 1. The van der Waals surface area contributed by atoms with Gasteiger partial charge < -0.3 is 4.42 Å². The molecule has 1 N–H and O–H groups in total. The van der Waals surface area contributed by atoms with Crippen molar-refractivity contribution in [2.45, 2.75) is 6.92 Å². The van der Waals surface area contributed by atoms with Gasteiger partial charge in [0.2, 0.25) is 0 Å². The zero-order chi connectivity index (χ0) is 18.1. The van der Waals surface area contributed by atoms with Crippen molar-refractivity contribution in [1.29, 1.82) is 5.26 Å². The molecule has 0 aliphatic rings. The molecule has 6 nitrogen and oxygen atoms in total. The molecular weight excluding hydrogens is 348 g/mol. The number of hydrogen-bond donors (Lipinski definition) is 1. The van der Waals surface area contributed by atoms with E-state index in [9.17, 15) is 4.79 Å². The van der Waals surface area contributed by atoms with E-state index in [1.807, 2.05) is 42.5 Å². The molecule has 0 bridgehead atoms. The number of para-hydroxylation sites is 1. The number of thiazole rings is 1. The van der Waals surface area contributed by atoms with E-state index < -0.39 is 5.56 Å². The molecule has 0 aliphatic carbocycles. The van der Waals surface area contributed by atoms with Gasteiger partial charge in [-0.3, -0.25) is 4.79 Å². The number of nitriles is 1. The molecule has 0 fully saturated rings. The molecule has 26 heavy (non-hydrogen) atoms. The van der Waals surface area contributed by atoms with E-state index in [1.54, 1.807) is 30.4 Å². The van der Waals surface area contributed by atoms with Crippen LogP contribution in [0.1, 0.15) is 22.6 Å². The van der Waals surface area contributed by atoms with Crippen molar-refractivity contribution in [3.05, 3.63) is 69.3 Å². The Morgan fingerprint density at radius 1 is 1.23 bits per heavy atom. The van der Waals surface area contributed by atoms with Crippen LogP contribution in [-0.2, 0) is 0 Å². The van der Waals surface area contributed by atoms with E-state index in [0.29, 0.717) is 22.8 Å². The van der Waals surface area contributed by atoms with Gasteiger partial charge >= 0.3 is 0 Å². The molecule has 7 heteroatoms. The summed E-state index contributed by atoms with van der Waals surface area (Å²) in [6.45, 7) is 1.69. The Kier molecular flexibility index (Phi) is 3.95. The van der Waals surface area contributed by atoms with Crippen LogP contribution in [-0.4, -0.2) is 15.2 Å². The fraction of sp³-hybridized carbons (Fsp3) is 0.0526. The van der Waals surface area contributed by atoms with Gasteiger partial charge in [-0.2, -0.15) is 10.4 Å². The molecule has 0 radical (unpaired) electrons. The van der Waals surface area contributed by atoms with Gasteiger partial charge in [0.25, 0.3) is 5.56 Å². The van der Waals surface area contributed by atoms with Gasteiger partial charge in [-0.25, -0.2) is 10.1 Å². The van der Waals surface area contributed by atoms with E-state index in [2.05, 4.69) is 15.2 Å². The lowest BCUT2D eigenvalue weighted by atomic mass is 10.1. The van der Waals surface area contributed by atoms with Crippen molar-refractivity contribution < 1.29 is 4.42 Å². The lowest BCUT2D eigenvalue weighted by Gasteiger charge is -1.99. The minimum atomic E-state index is -0.488. The van der Waals surface area contributed by atoms with Gasteiger partial charge in [-0.1, -0.05) is 12.1 Å². The first-order valence-corrected chi connectivity index (χ1v) is 8.60. The number of aromatic nitrogens is 3. The number of furan rings is 1. The van der Waals surface area contributed by atoms with Crippen molar-refractivity contribution in [1.82, 2.24) is 15.2 Å². The first-order valence-electron chi connectivity index (χ1n) is 7.79. The van der Waals surface area contributed by atoms with Crippen molar-refractivity contribution in [3.8, 4) is 16.8 Å². The van der Waals surface area contributed by atoms with Gasteiger partial charge in [0.05, 0.1) is 15.9 Å². The molecule has 0 amide bonds. The van der Waals surface area contributed by atoms with Crippen LogP contribution in [0.4, 0.5) is 0 Å². The molecule has 0 aliphatic heterocycles. The molecule has 0 atom stereocenters. The fourth-order valence-corrected chi connectivity index (χ4v) is 3.47.